The zero-order chi connectivity index (χ0) is 27.0. The molecule has 0 unspecified atom stereocenters. The molecule has 8 nitrogen and oxygen atoms in total. The number of benzene rings is 3. The van der Waals surface area contributed by atoms with E-state index < -0.39 is 16.1 Å². The first-order chi connectivity index (χ1) is 17.6. The molecule has 37 heavy (non-hydrogen) atoms. The summed E-state index contributed by atoms with van der Waals surface area (Å²) in [7, 11) is -2.32. The average molecular weight is 530 g/mol. The second kappa shape index (κ2) is 12.4. The van der Waals surface area contributed by atoms with Gasteiger partial charge in [0.1, 0.15) is 17.3 Å². The lowest BCUT2D eigenvalue weighted by Crippen LogP contribution is -2.34. The van der Waals surface area contributed by atoms with Crippen molar-refractivity contribution in [3.05, 3.63) is 83.7 Å². The van der Waals surface area contributed by atoms with Crippen molar-refractivity contribution in [1.82, 2.24) is 4.90 Å². The average Bonchev–Trinajstić information content (AvgIpc) is 2.86. The van der Waals surface area contributed by atoms with E-state index in [2.05, 4.69) is 10.2 Å². The predicted molar refractivity (Wildman–Crippen MR) is 143 cm³/mol. The van der Waals surface area contributed by atoms with Crippen LogP contribution in [0.2, 0.25) is 0 Å². The SMILES string of the molecule is CCN(CC)c1ccc(CN(Cc2ccc(F)cc2)C(=O)Nc2ccccc2OC)c(OS(C)(=O)=O)c1. The van der Waals surface area contributed by atoms with Gasteiger partial charge in [-0.15, -0.1) is 0 Å². The number of carbonyl (C=O) groups excluding carboxylic acids is 1. The molecule has 3 aromatic rings. The zero-order valence-electron chi connectivity index (χ0n) is 21.4. The highest BCUT2D eigenvalue weighted by Crippen LogP contribution is 2.30. The van der Waals surface area contributed by atoms with Crippen molar-refractivity contribution in [3.8, 4) is 11.5 Å². The highest BCUT2D eigenvalue weighted by atomic mass is 32.2. The Morgan fingerprint density at radius 3 is 2.24 bits per heavy atom. The molecule has 0 fully saturated rings. The number of amides is 2. The molecule has 3 aromatic carbocycles. The van der Waals surface area contributed by atoms with Crippen LogP contribution in [0.4, 0.5) is 20.6 Å². The Bertz CT molecular complexity index is 1310. The van der Waals surface area contributed by atoms with Crippen molar-refractivity contribution in [2.75, 3.05) is 36.7 Å². The maximum absolute atomic E-state index is 13.5. The fraction of sp³-hybridized carbons (Fsp3) is 0.296. The minimum atomic E-state index is -3.83. The number of rotatable bonds is 11. The Morgan fingerprint density at radius 1 is 0.946 bits per heavy atom. The molecule has 0 aromatic heterocycles. The molecule has 10 heteroatoms. The van der Waals surface area contributed by atoms with Crippen LogP contribution in [0.15, 0.2) is 66.7 Å². The van der Waals surface area contributed by atoms with Gasteiger partial charge in [-0.2, -0.15) is 8.42 Å². The topological polar surface area (TPSA) is 88.2 Å². The van der Waals surface area contributed by atoms with Gasteiger partial charge in [0.15, 0.2) is 0 Å². The number of methoxy groups -OCH3 is 1. The molecular formula is C27H32FN3O5S. The van der Waals surface area contributed by atoms with Crippen LogP contribution >= 0.6 is 0 Å². The van der Waals surface area contributed by atoms with Gasteiger partial charge in [0.05, 0.1) is 25.6 Å². The highest BCUT2D eigenvalue weighted by Gasteiger charge is 2.21. The number of ether oxygens (including phenoxy) is 1. The standard InChI is InChI=1S/C27H32FN3O5S/c1-5-30(6-2)23-16-13-21(26(17-23)36-37(4,33)34)19-31(18-20-11-14-22(28)15-12-20)27(32)29-24-9-7-8-10-25(24)35-3/h7-17H,5-6,18-19H2,1-4H3,(H,29,32). The van der Waals surface area contributed by atoms with E-state index >= 15 is 0 Å². The first kappa shape index (κ1) is 27.8. The molecule has 0 radical (unpaired) electrons. The third kappa shape index (κ3) is 7.85. The summed E-state index contributed by atoms with van der Waals surface area (Å²) in [6.07, 6.45) is 0.978. The molecule has 0 spiro atoms. The first-order valence-electron chi connectivity index (χ1n) is 11.8. The summed E-state index contributed by atoms with van der Waals surface area (Å²) in [5.41, 5.74) is 2.47. The van der Waals surface area contributed by atoms with Crippen LogP contribution < -0.4 is 19.1 Å². The Kier molecular flexibility index (Phi) is 9.35. The van der Waals surface area contributed by atoms with E-state index in [4.69, 9.17) is 8.92 Å². The van der Waals surface area contributed by atoms with Crippen molar-refractivity contribution in [2.24, 2.45) is 0 Å². The van der Waals surface area contributed by atoms with E-state index in [0.717, 1.165) is 25.0 Å². The summed E-state index contributed by atoms with van der Waals surface area (Å²) < 4.78 is 48.3. The molecule has 2 amide bonds. The van der Waals surface area contributed by atoms with E-state index in [-0.39, 0.29) is 24.7 Å². The van der Waals surface area contributed by atoms with Gasteiger partial charge in [-0.05, 0) is 49.7 Å². The van der Waals surface area contributed by atoms with Crippen LogP contribution in [0.3, 0.4) is 0 Å². The second-order valence-corrected chi connectivity index (χ2v) is 9.94. The third-order valence-corrected chi connectivity index (χ3v) is 6.19. The predicted octanol–water partition coefficient (Wildman–Crippen LogP) is 5.25. The van der Waals surface area contributed by atoms with Gasteiger partial charge < -0.3 is 24.0 Å². The van der Waals surface area contributed by atoms with Gasteiger partial charge in [-0.25, -0.2) is 9.18 Å². The van der Waals surface area contributed by atoms with Gasteiger partial charge in [0, 0.05) is 37.0 Å². The number of nitrogens with one attached hydrogen (secondary N) is 1. The summed E-state index contributed by atoms with van der Waals surface area (Å²) in [6, 6.07) is 17.7. The largest absolute Gasteiger partial charge is 0.495 e. The van der Waals surface area contributed by atoms with E-state index in [0.29, 0.717) is 22.6 Å². The summed E-state index contributed by atoms with van der Waals surface area (Å²) in [4.78, 5) is 17.0. The maximum atomic E-state index is 13.5. The number of hydrogen-bond donors (Lipinski definition) is 1. The first-order valence-corrected chi connectivity index (χ1v) is 13.7. The molecule has 0 aliphatic rings. The maximum Gasteiger partial charge on any atom is 0.322 e. The van der Waals surface area contributed by atoms with Gasteiger partial charge in [-0.1, -0.05) is 30.3 Å². The van der Waals surface area contributed by atoms with Crippen molar-refractivity contribution >= 4 is 27.5 Å². The van der Waals surface area contributed by atoms with E-state index in [1.54, 1.807) is 48.5 Å². The van der Waals surface area contributed by atoms with Gasteiger partial charge >= 0.3 is 16.1 Å². The Labute approximate surface area is 217 Å². The van der Waals surface area contributed by atoms with Gasteiger partial charge in [0.25, 0.3) is 0 Å². The fourth-order valence-electron chi connectivity index (χ4n) is 3.86. The van der Waals surface area contributed by atoms with Crippen molar-refractivity contribution in [1.29, 1.82) is 0 Å². The number of nitrogens with zero attached hydrogens (tertiary/aromatic N) is 2. The number of halogens is 1. The molecule has 1 N–H and O–H groups in total. The molecule has 0 saturated heterocycles. The lowest BCUT2D eigenvalue weighted by molar-refractivity contribution is 0.206. The minimum absolute atomic E-state index is 0.0295. The summed E-state index contributed by atoms with van der Waals surface area (Å²) in [5.74, 6) is 0.243. The molecule has 0 saturated carbocycles. The smallest absolute Gasteiger partial charge is 0.322 e. The van der Waals surface area contributed by atoms with Crippen LogP contribution in [0.1, 0.15) is 25.0 Å². The van der Waals surface area contributed by atoms with Crippen LogP contribution in [0.5, 0.6) is 11.5 Å². The fourth-order valence-corrected chi connectivity index (χ4v) is 4.34. The monoisotopic (exact) mass is 529 g/mol. The Morgan fingerprint density at radius 2 is 1.62 bits per heavy atom. The molecule has 0 aliphatic carbocycles. The highest BCUT2D eigenvalue weighted by molar-refractivity contribution is 7.86. The molecule has 0 aliphatic heterocycles. The van der Waals surface area contributed by atoms with E-state index in [1.807, 2.05) is 19.9 Å². The van der Waals surface area contributed by atoms with Crippen LogP contribution in [0.25, 0.3) is 0 Å². The number of carbonyl (C=O) groups is 1. The third-order valence-electron chi connectivity index (χ3n) is 5.70. The summed E-state index contributed by atoms with van der Waals surface area (Å²) in [6.45, 7) is 5.62. The lowest BCUT2D eigenvalue weighted by Gasteiger charge is -2.26. The van der Waals surface area contributed by atoms with Gasteiger partial charge in [-0.3, -0.25) is 0 Å². The van der Waals surface area contributed by atoms with E-state index in [1.165, 1.54) is 24.1 Å². The minimum Gasteiger partial charge on any atom is -0.495 e. The number of anilines is 2. The van der Waals surface area contributed by atoms with E-state index in [9.17, 15) is 17.6 Å². The van der Waals surface area contributed by atoms with Crippen LogP contribution in [-0.4, -0.2) is 45.8 Å². The Hall–Kier alpha value is -3.79. The van der Waals surface area contributed by atoms with Crippen LogP contribution in [-0.2, 0) is 23.2 Å². The molecular weight excluding hydrogens is 497 g/mol. The summed E-state index contributed by atoms with van der Waals surface area (Å²) >= 11 is 0. The quantitative estimate of drug-likeness (QED) is 0.341. The molecule has 0 heterocycles. The second-order valence-electron chi connectivity index (χ2n) is 8.36. The molecule has 198 valence electrons. The number of urea groups is 1. The Balaban J connectivity index is 1.99. The lowest BCUT2D eigenvalue weighted by atomic mass is 10.1. The molecule has 0 atom stereocenters. The normalized spacial score (nSPS) is 11.1. The van der Waals surface area contributed by atoms with Crippen molar-refractivity contribution < 1.29 is 26.5 Å². The number of hydrogen-bond acceptors (Lipinski definition) is 6. The zero-order valence-corrected chi connectivity index (χ0v) is 22.2. The molecule has 3 rings (SSSR count). The van der Waals surface area contributed by atoms with Crippen molar-refractivity contribution in [3.63, 3.8) is 0 Å². The van der Waals surface area contributed by atoms with Crippen LogP contribution in [0, 0.1) is 5.82 Å². The van der Waals surface area contributed by atoms with Crippen molar-refractivity contribution in [2.45, 2.75) is 26.9 Å². The summed E-state index contributed by atoms with van der Waals surface area (Å²) in [5, 5.41) is 2.85. The van der Waals surface area contributed by atoms with Gasteiger partial charge in [0.2, 0.25) is 0 Å². The number of para-hydroxylation sites is 2. The molecule has 0 bridgehead atoms.